The minimum Gasteiger partial charge on any atom is -0.748 e. The van der Waals surface area contributed by atoms with Crippen LogP contribution in [0.1, 0.15) is 49.3 Å². The first-order valence-corrected chi connectivity index (χ1v) is 11.6. The van der Waals surface area contributed by atoms with Crippen LogP contribution in [0.3, 0.4) is 0 Å². The van der Waals surface area contributed by atoms with Crippen LogP contribution in [-0.4, -0.2) is 46.8 Å². The molecular weight excluding hydrogens is 443 g/mol. The predicted molar refractivity (Wildman–Crippen MR) is 117 cm³/mol. The zero-order valence-corrected chi connectivity index (χ0v) is 21.2. The van der Waals surface area contributed by atoms with Gasteiger partial charge < -0.3 is 24.6 Å². The molecule has 0 radical (unpaired) electrons. The van der Waals surface area contributed by atoms with Gasteiger partial charge in [0.05, 0.1) is 28.1 Å². The van der Waals surface area contributed by atoms with Gasteiger partial charge in [0.25, 0.3) is 0 Å². The Morgan fingerprint density at radius 2 is 1.66 bits per heavy atom. The zero-order valence-electron chi connectivity index (χ0n) is 18.4. The third-order valence-corrected chi connectivity index (χ3v) is 6.31. The summed E-state index contributed by atoms with van der Waals surface area (Å²) in [4.78, 5) is 0. The summed E-state index contributed by atoms with van der Waals surface area (Å²) in [5.74, 6) is 0.555. The summed E-state index contributed by atoms with van der Waals surface area (Å²) in [6, 6.07) is 13.2. The Labute approximate surface area is 211 Å². The summed E-state index contributed by atoms with van der Waals surface area (Å²) < 4.78 is 40.9. The van der Waals surface area contributed by atoms with Crippen LogP contribution >= 0.6 is 0 Å². The quantitative estimate of drug-likeness (QED) is 0.230. The predicted octanol–water partition coefficient (Wildman–Crippen LogP) is 0.245. The molecule has 2 aromatic rings. The molecule has 3 N–H and O–H groups in total. The van der Waals surface area contributed by atoms with Gasteiger partial charge in [-0.25, -0.2) is 8.42 Å². The zero-order chi connectivity index (χ0) is 22.9. The van der Waals surface area contributed by atoms with E-state index in [1.165, 1.54) is 24.3 Å². The maximum atomic E-state index is 11.8. The van der Waals surface area contributed by atoms with Crippen LogP contribution < -0.4 is 34.3 Å². The van der Waals surface area contributed by atoms with Crippen molar-refractivity contribution in [2.45, 2.75) is 43.5 Å². The number of phenols is 1. The van der Waals surface area contributed by atoms with Gasteiger partial charge in [0, 0.05) is 0 Å². The molecule has 0 fully saturated rings. The molecule has 170 valence electrons. The molecule has 0 aromatic heterocycles. The van der Waals surface area contributed by atoms with E-state index < -0.39 is 21.5 Å². The topological polar surface area (TPSA) is 127 Å². The molecule has 0 aliphatic carbocycles. The fourth-order valence-electron chi connectivity index (χ4n) is 3.33. The Morgan fingerprint density at radius 1 is 1.06 bits per heavy atom. The molecule has 0 aliphatic heterocycles. The second kappa shape index (κ2) is 14.0. The van der Waals surface area contributed by atoms with E-state index in [4.69, 9.17) is 9.84 Å². The molecule has 2 rings (SSSR count). The molecule has 0 heterocycles. The maximum absolute atomic E-state index is 11.8. The molecule has 0 spiro atoms. The third-order valence-electron chi connectivity index (χ3n) is 5.11. The fraction of sp³-hybridized carbons (Fsp3) is 0.391. The van der Waals surface area contributed by atoms with Crippen molar-refractivity contribution in [3.8, 4) is 11.5 Å². The maximum Gasteiger partial charge on any atom is 1.00 e. The number of rotatable bonds is 12. The van der Waals surface area contributed by atoms with Crippen LogP contribution in [0, 0.1) is 0 Å². The van der Waals surface area contributed by atoms with Gasteiger partial charge in [-0.05, 0) is 60.6 Å². The van der Waals surface area contributed by atoms with Gasteiger partial charge in [-0.15, -0.1) is 0 Å². The van der Waals surface area contributed by atoms with Crippen LogP contribution in [0.25, 0.3) is 0 Å². The van der Waals surface area contributed by atoms with Crippen molar-refractivity contribution < 1.29 is 62.6 Å². The Kier molecular flexibility index (Phi) is 12.5. The van der Waals surface area contributed by atoms with Crippen molar-refractivity contribution in [3.63, 3.8) is 0 Å². The molecule has 2 aromatic carbocycles. The molecule has 0 amide bonds. The average Bonchev–Trinajstić information content (AvgIpc) is 2.74. The van der Waals surface area contributed by atoms with E-state index in [9.17, 15) is 23.2 Å². The molecular formula is C23H29NaO7S. The molecule has 9 heteroatoms. The first kappa shape index (κ1) is 28.6. The number of hydrogen-bond acceptors (Lipinski definition) is 7. The van der Waals surface area contributed by atoms with Crippen LogP contribution in [0.4, 0.5) is 0 Å². The minimum atomic E-state index is -4.53. The summed E-state index contributed by atoms with van der Waals surface area (Å²) in [6.07, 6.45) is 2.80. The molecule has 0 saturated heterocycles. The van der Waals surface area contributed by atoms with Crippen molar-refractivity contribution in [1.29, 1.82) is 0 Å². The minimum absolute atomic E-state index is 0. The van der Waals surface area contributed by atoms with Crippen LogP contribution in [-0.2, 0) is 10.1 Å². The van der Waals surface area contributed by atoms with E-state index in [-0.39, 0.29) is 67.3 Å². The SMILES string of the molecule is CC[C@H](C[C@H](C/C=C/[C@@H](O)c1ccc(O)cc1)S(=O)(=O)[O-])c1ccc(OCCO)cc1.[Na+]. The van der Waals surface area contributed by atoms with E-state index in [0.29, 0.717) is 17.7 Å². The van der Waals surface area contributed by atoms with Crippen molar-refractivity contribution >= 4 is 10.1 Å². The van der Waals surface area contributed by atoms with Crippen molar-refractivity contribution in [1.82, 2.24) is 0 Å². The Morgan fingerprint density at radius 3 is 2.19 bits per heavy atom. The monoisotopic (exact) mass is 472 g/mol. The van der Waals surface area contributed by atoms with Crippen molar-refractivity contribution in [3.05, 3.63) is 71.8 Å². The number of aliphatic hydroxyl groups is 2. The molecule has 32 heavy (non-hydrogen) atoms. The molecule has 7 nitrogen and oxygen atoms in total. The van der Waals surface area contributed by atoms with Crippen molar-refractivity contribution in [2.24, 2.45) is 0 Å². The number of aromatic hydroxyl groups is 1. The van der Waals surface area contributed by atoms with Crippen LogP contribution in [0.5, 0.6) is 11.5 Å². The second-order valence-electron chi connectivity index (χ2n) is 7.30. The smallest absolute Gasteiger partial charge is 0.748 e. The van der Waals surface area contributed by atoms with Crippen molar-refractivity contribution in [2.75, 3.05) is 13.2 Å². The molecule has 3 atom stereocenters. The number of phenolic OH excluding ortho intramolecular Hbond substituents is 1. The van der Waals surface area contributed by atoms with Gasteiger partial charge in [-0.1, -0.05) is 43.3 Å². The number of hydrogen-bond donors (Lipinski definition) is 3. The van der Waals surface area contributed by atoms with E-state index >= 15 is 0 Å². The summed E-state index contributed by atoms with van der Waals surface area (Å²) in [7, 11) is -4.53. The van der Waals surface area contributed by atoms with E-state index in [0.717, 1.165) is 5.56 Å². The summed E-state index contributed by atoms with van der Waals surface area (Å²) in [6.45, 7) is 2.03. The first-order chi connectivity index (χ1) is 14.7. The van der Waals surface area contributed by atoms with Gasteiger partial charge in [-0.3, -0.25) is 0 Å². The van der Waals surface area contributed by atoms with E-state index in [1.54, 1.807) is 24.3 Å². The van der Waals surface area contributed by atoms with Gasteiger partial charge in [0.1, 0.15) is 18.1 Å². The van der Waals surface area contributed by atoms with Crippen LogP contribution in [0.15, 0.2) is 60.7 Å². The Hall–Kier alpha value is -1.39. The van der Waals surface area contributed by atoms with Gasteiger partial charge in [-0.2, -0.15) is 0 Å². The van der Waals surface area contributed by atoms with E-state index in [2.05, 4.69) is 0 Å². The normalized spacial score (nSPS) is 14.5. The first-order valence-electron chi connectivity index (χ1n) is 10.2. The number of aliphatic hydroxyl groups excluding tert-OH is 2. The summed E-state index contributed by atoms with van der Waals surface area (Å²) >= 11 is 0. The Bertz CT molecular complexity index is 928. The number of allylic oxidation sites excluding steroid dienone is 1. The van der Waals surface area contributed by atoms with E-state index in [1.807, 2.05) is 19.1 Å². The average molecular weight is 473 g/mol. The largest absolute Gasteiger partial charge is 1.00 e. The van der Waals surface area contributed by atoms with Gasteiger partial charge >= 0.3 is 29.6 Å². The molecule has 0 unspecified atom stereocenters. The Balaban J connectivity index is 0.00000512. The number of ether oxygens (including phenoxy) is 1. The van der Waals surface area contributed by atoms with Crippen LogP contribution in [0.2, 0.25) is 0 Å². The molecule has 0 bridgehead atoms. The third kappa shape index (κ3) is 9.23. The van der Waals surface area contributed by atoms with Gasteiger partial charge in [0.2, 0.25) is 0 Å². The second-order valence-corrected chi connectivity index (χ2v) is 8.95. The summed E-state index contributed by atoms with van der Waals surface area (Å²) in [5, 5.41) is 27.2. The summed E-state index contributed by atoms with van der Waals surface area (Å²) in [5.41, 5.74) is 1.45. The standard InChI is InChI=1S/C23H30O7S.Na/c1-2-17(18-8-12-21(13-9-18)30-15-14-24)16-22(31(27,28)29)4-3-5-23(26)19-6-10-20(25)11-7-19;/h3,5-13,17,22-26H,2,4,14-16H2,1H3,(H,27,28,29);/q;+1/p-1/b5-3+;/t17-,22+,23-;/m1./s1. The number of benzene rings is 2. The molecule has 0 aliphatic rings. The molecule has 0 saturated carbocycles. The fourth-order valence-corrected chi connectivity index (χ4v) is 4.14. The van der Waals surface area contributed by atoms with Gasteiger partial charge in [0.15, 0.2) is 0 Å².